The number of aryl methyl sites for hydroxylation is 1. The van der Waals surface area contributed by atoms with E-state index in [4.69, 9.17) is 4.74 Å². The van der Waals surface area contributed by atoms with Crippen molar-refractivity contribution >= 4 is 15.9 Å². The molecule has 1 heterocycles. The Morgan fingerprint density at radius 3 is 2.85 bits per heavy atom. The molecule has 4 heteroatoms. The molecule has 1 N–H and O–H groups in total. The molecular formula is C16H17BrN2O. The number of nitrogens with one attached hydrogen (secondary N) is 1. The largest absolute Gasteiger partial charge is 0.455 e. The molecule has 1 fully saturated rings. The molecule has 2 aromatic rings. The van der Waals surface area contributed by atoms with Crippen molar-refractivity contribution in [2.75, 3.05) is 0 Å². The van der Waals surface area contributed by atoms with Gasteiger partial charge >= 0.3 is 0 Å². The molecule has 0 radical (unpaired) electrons. The molecule has 0 aliphatic heterocycles. The van der Waals surface area contributed by atoms with Crippen LogP contribution in [0.4, 0.5) is 0 Å². The van der Waals surface area contributed by atoms with Crippen LogP contribution in [0.3, 0.4) is 0 Å². The lowest BCUT2D eigenvalue weighted by molar-refractivity contribution is 0.470. The third-order valence-electron chi connectivity index (χ3n) is 3.29. The summed E-state index contributed by atoms with van der Waals surface area (Å²) in [4.78, 5) is 4.26. The second-order valence-electron chi connectivity index (χ2n) is 5.14. The first-order valence-electron chi connectivity index (χ1n) is 6.83. The van der Waals surface area contributed by atoms with E-state index in [1.54, 1.807) is 6.20 Å². The van der Waals surface area contributed by atoms with Gasteiger partial charge in [-0.25, -0.2) is 0 Å². The summed E-state index contributed by atoms with van der Waals surface area (Å²) < 4.78 is 7.02. The van der Waals surface area contributed by atoms with Gasteiger partial charge in [0.2, 0.25) is 0 Å². The summed E-state index contributed by atoms with van der Waals surface area (Å²) in [6.07, 6.45) is 4.33. The monoisotopic (exact) mass is 332 g/mol. The summed E-state index contributed by atoms with van der Waals surface area (Å²) in [6, 6.07) is 10.7. The van der Waals surface area contributed by atoms with Crippen LogP contribution in [0.5, 0.6) is 11.5 Å². The number of pyridine rings is 1. The molecule has 3 nitrogen and oxygen atoms in total. The molecule has 1 aromatic carbocycles. The molecule has 0 atom stereocenters. The Morgan fingerprint density at radius 1 is 1.30 bits per heavy atom. The highest BCUT2D eigenvalue weighted by molar-refractivity contribution is 9.10. The summed E-state index contributed by atoms with van der Waals surface area (Å²) in [7, 11) is 0. The summed E-state index contributed by atoms with van der Waals surface area (Å²) >= 11 is 3.52. The van der Waals surface area contributed by atoms with Crippen LogP contribution < -0.4 is 10.1 Å². The first kappa shape index (κ1) is 13.6. The first-order valence-corrected chi connectivity index (χ1v) is 7.62. The van der Waals surface area contributed by atoms with Crippen molar-refractivity contribution in [1.82, 2.24) is 10.3 Å². The van der Waals surface area contributed by atoms with Crippen molar-refractivity contribution in [2.24, 2.45) is 0 Å². The molecule has 1 aliphatic carbocycles. The lowest BCUT2D eigenvalue weighted by Gasteiger charge is -2.12. The number of aromatic nitrogens is 1. The molecule has 0 amide bonds. The molecule has 0 bridgehead atoms. The van der Waals surface area contributed by atoms with E-state index >= 15 is 0 Å². The van der Waals surface area contributed by atoms with E-state index < -0.39 is 0 Å². The molecule has 104 valence electrons. The van der Waals surface area contributed by atoms with Gasteiger partial charge in [0.15, 0.2) is 0 Å². The van der Waals surface area contributed by atoms with E-state index in [1.807, 2.05) is 31.2 Å². The van der Waals surface area contributed by atoms with Gasteiger partial charge in [0, 0.05) is 28.3 Å². The predicted molar refractivity (Wildman–Crippen MR) is 83.1 cm³/mol. The maximum absolute atomic E-state index is 5.95. The van der Waals surface area contributed by atoms with Gasteiger partial charge in [-0.3, -0.25) is 4.98 Å². The zero-order valence-corrected chi connectivity index (χ0v) is 13.0. The Balaban J connectivity index is 1.77. The lowest BCUT2D eigenvalue weighted by Crippen LogP contribution is -2.15. The highest BCUT2D eigenvalue weighted by Crippen LogP contribution is 2.29. The highest BCUT2D eigenvalue weighted by Gasteiger charge is 2.20. The van der Waals surface area contributed by atoms with Crippen LogP contribution in [0, 0.1) is 6.92 Å². The van der Waals surface area contributed by atoms with Gasteiger partial charge in [0.1, 0.15) is 11.5 Å². The number of halogens is 1. The van der Waals surface area contributed by atoms with Gasteiger partial charge in [-0.15, -0.1) is 0 Å². The maximum Gasteiger partial charge on any atom is 0.145 e. The van der Waals surface area contributed by atoms with Crippen LogP contribution in [0.15, 0.2) is 41.0 Å². The van der Waals surface area contributed by atoms with Gasteiger partial charge in [-0.2, -0.15) is 0 Å². The van der Waals surface area contributed by atoms with Gasteiger partial charge in [-0.05, 0) is 50.1 Å². The Hall–Kier alpha value is -1.39. The van der Waals surface area contributed by atoms with Crippen molar-refractivity contribution in [3.05, 3.63) is 52.3 Å². The van der Waals surface area contributed by atoms with E-state index in [-0.39, 0.29) is 0 Å². The summed E-state index contributed by atoms with van der Waals surface area (Å²) in [5.41, 5.74) is 2.15. The average molecular weight is 333 g/mol. The first-order chi connectivity index (χ1) is 9.70. The van der Waals surface area contributed by atoms with Crippen LogP contribution in [-0.2, 0) is 6.54 Å². The van der Waals surface area contributed by atoms with Gasteiger partial charge in [0.05, 0.1) is 6.20 Å². The van der Waals surface area contributed by atoms with E-state index in [1.165, 1.54) is 12.8 Å². The number of nitrogens with zero attached hydrogens (tertiary/aromatic N) is 1. The van der Waals surface area contributed by atoms with Crippen molar-refractivity contribution in [3.8, 4) is 11.5 Å². The van der Waals surface area contributed by atoms with Crippen LogP contribution in [0.2, 0.25) is 0 Å². The van der Waals surface area contributed by atoms with Crippen molar-refractivity contribution in [3.63, 3.8) is 0 Å². The quantitative estimate of drug-likeness (QED) is 0.891. The Kier molecular flexibility index (Phi) is 4.03. The van der Waals surface area contributed by atoms with Crippen molar-refractivity contribution in [2.45, 2.75) is 32.4 Å². The summed E-state index contributed by atoms with van der Waals surface area (Å²) in [5, 5.41) is 3.52. The highest BCUT2D eigenvalue weighted by atomic mass is 79.9. The van der Waals surface area contributed by atoms with E-state index in [9.17, 15) is 0 Å². The smallest absolute Gasteiger partial charge is 0.145 e. The number of rotatable bonds is 5. The van der Waals surface area contributed by atoms with Gasteiger partial charge < -0.3 is 10.1 Å². The molecule has 0 saturated heterocycles. The minimum Gasteiger partial charge on any atom is -0.455 e. The topological polar surface area (TPSA) is 34.1 Å². The van der Waals surface area contributed by atoms with Gasteiger partial charge in [0.25, 0.3) is 0 Å². The molecule has 0 unspecified atom stereocenters. The van der Waals surface area contributed by atoms with Crippen LogP contribution in [0.25, 0.3) is 0 Å². The zero-order chi connectivity index (χ0) is 13.9. The fourth-order valence-electron chi connectivity index (χ4n) is 1.97. The van der Waals surface area contributed by atoms with Gasteiger partial charge in [-0.1, -0.05) is 15.9 Å². The Bertz CT molecular complexity index is 594. The third kappa shape index (κ3) is 3.58. The second-order valence-corrected chi connectivity index (χ2v) is 6.06. The molecular weight excluding hydrogens is 316 g/mol. The zero-order valence-electron chi connectivity index (χ0n) is 11.4. The summed E-state index contributed by atoms with van der Waals surface area (Å²) in [6.45, 7) is 2.80. The number of ether oxygens (including phenoxy) is 1. The van der Waals surface area contributed by atoms with Crippen molar-refractivity contribution in [1.29, 1.82) is 0 Å². The fourth-order valence-corrected chi connectivity index (χ4v) is 2.38. The number of benzene rings is 1. The van der Waals surface area contributed by atoms with E-state index in [0.29, 0.717) is 6.04 Å². The lowest BCUT2D eigenvalue weighted by atomic mass is 10.2. The Morgan fingerprint density at radius 2 is 2.15 bits per heavy atom. The second kappa shape index (κ2) is 5.94. The van der Waals surface area contributed by atoms with E-state index in [0.717, 1.165) is 33.8 Å². The Labute approximate surface area is 127 Å². The fraction of sp³-hybridized carbons (Fsp3) is 0.312. The minimum atomic E-state index is 0.683. The standard InChI is InChI=1S/C16H17BrN2O/c1-11-2-6-15(10-18-11)20-16-7-3-13(17)8-12(16)9-19-14-4-5-14/h2-3,6-8,10,14,19H,4-5,9H2,1H3. The maximum atomic E-state index is 5.95. The van der Waals surface area contributed by atoms with Crippen molar-refractivity contribution < 1.29 is 4.74 Å². The van der Waals surface area contributed by atoms with Crippen LogP contribution >= 0.6 is 15.9 Å². The minimum absolute atomic E-state index is 0.683. The summed E-state index contributed by atoms with van der Waals surface area (Å²) in [5.74, 6) is 1.65. The molecule has 1 aromatic heterocycles. The van der Waals surface area contributed by atoms with Crippen LogP contribution in [-0.4, -0.2) is 11.0 Å². The molecule has 20 heavy (non-hydrogen) atoms. The van der Waals surface area contributed by atoms with E-state index in [2.05, 4.69) is 32.3 Å². The van der Waals surface area contributed by atoms with Crippen LogP contribution in [0.1, 0.15) is 24.1 Å². The molecule has 1 saturated carbocycles. The predicted octanol–water partition coefficient (Wildman–Crippen LogP) is 4.20. The molecule has 1 aliphatic rings. The average Bonchev–Trinajstić information content (AvgIpc) is 3.25. The normalized spacial score (nSPS) is 14.3. The number of hydrogen-bond donors (Lipinski definition) is 1. The molecule has 3 rings (SSSR count). The SMILES string of the molecule is Cc1ccc(Oc2ccc(Br)cc2CNC2CC2)cn1. The molecule has 0 spiro atoms. The number of hydrogen-bond acceptors (Lipinski definition) is 3. The third-order valence-corrected chi connectivity index (χ3v) is 3.79.